The number of aromatic amines is 1. The van der Waals surface area contributed by atoms with Crippen LogP contribution in [-0.4, -0.2) is 4.98 Å². The standard InChI is InChI=1S/C15H9Br2NO/c16-10-3-1-9(2-4-10)13-8-15(19)18-14-7-11(17)5-6-12(13)14/h1-8H,(H,18,19). The number of rotatable bonds is 1. The molecule has 94 valence electrons. The predicted molar refractivity (Wildman–Crippen MR) is 85.4 cm³/mol. The lowest BCUT2D eigenvalue weighted by molar-refractivity contribution is 1.30. The summed E-state index contributed by atoms with van der Waals surface area (Å²) in [5.74, 6) is 0. The molecule has 0 saturated carbocycles. The summed E-state index contributed by atoms with van der Waals surface area (Å²) in [5, 5.41) is 1.03. The Kier molecular flexibility index (Phi) is 3.29. The van der Waals surface area contributed by atoms with Gasteiger partial charge >= 0.3 is 0 Å². The molecule has 0 amide bonds. The summed E-state index contributed by atoms with van der Waals surface area (Å²) < 4.78 is 1.97. The molecule has 1 aromatic heterocycles. The van der Waals surface area contributed by atoms with Crippen LogP contribution in [0.4, 0.5) is 0 Å². The van der Waals surface area contributed by atoms with E-state index < -0.39 is 0 Å². The summed E-state index contributed by atoms with van der Waals surface area (Å²) in [7, 11) is 0. The van der Waals surface area contributed by atoms with Crippen LogP contribution in [-0.2, 0) is 0 Å². The van der Waals surface area contributed by atoms with Crippen LogP contribution in [0.3, 0.4) is 0 Å². The van der Waals surface area contributed by atoms with E-state index in [1.165, 1.54) is 0 Å². The van der Waals surface area contributed by atoms with Gasteiger partial charge in [0.05, 0.1) is 5.52 Å². The van der Waals surface area contributed by atoms with Crippen molar-refractivity contribution < 1.29 is 0 Å². The molecular formula is C15H9Br2NO. The van der Waals surface area contributed by atoms with E-state index in [1.807, 2.05) is 42.5 Å². The van der Waals surface area contributed by atoms with E-state index >= 15 is 0 Å². The first-order valence-electron chi connectivity index (χ1n) is 5.72. The molecule has 0 spiro atoms. The Morgan fingerprint density at radius 1 is 0.842 bits per heavy atom. The number of pyridine rings is 1. The molecule has 0 aliphatic rings. The topological polar surface area (TPSA) is 32.9 Å². The maximum atomic E-state index is 11.8. The average Bonchev–Trinajstić information content (AvgIpc) is 2.38. The third-order valence-electron chi connectivity index (χ3n) is 2.96. The van der Waals surface area contributed by atoms with Crippen molar-refractivity contribution in [3.63, 3.8) is 0 Å². The Hall–Kier alpha value is -1.39. The van der Waals surface area contributed by atoms with Gasteiger partial charge in [-0.15, -0.1) is 0 Å². The molecule has 0 radical (unpaired) electrons. The minimum atomic E-state index is -0.0940. The van der Waals surface area contributed by atoms with Crippen LogP contribution in [0.1, 0.15) is 0 Å². The zero-order valence-electron chi connectivity index (χ0n) is 9.78. The maximum Gasteiger partial charge on any atom is 0.249 e. The number of fused-ring (bicyclic) bond motifs is 1. The number of H-pyrrole nitrogens is 1. The van der Waals surface area contributed by atoms with Gasteiger partial charge in [0, 0.05) is 20.4 Å². The molecule has 0 aliphatic heterocycles. The van der Waals surface area contributed by atoms with Crippen LogP contribution in [0.15, 0.2) is 62.3 Å². The van der Waals surface area contributed by atoms with Gasteiger partial charge in [0.15, 0.2) is 0 Å². The van der Waals surface area contributed by atoms with E-state index in [-0.39, 0.29) is 5.56 Å². The zero-order valence-corrected chi connectivity index (χ0v) is 13.0. The summed E-state index contributed by atoms with van der Waals surface area (Å²) in [6, 6.07) is 15.5. The molecule has 0 atom stereocenters. The highest BCUT2D eigenvalue weighted by molar-refractivity contribution is 9.10. The lowest BCUT2D eigenvalue weighted by Crippen LogP contribution is -2.04. The Balaban J connectivity index is 2.34. The van der Waals surface area contributed by atoms with Gasteiger partial charge in [-0.05, 0) is 35.4 Å². The molecule has 19 heavy (non-hydrogen) atoms. The van der Waals surface area contributed by atoms with Crippen molar-refractivity contribution in [2.24, 2.45) is 0 Å². The van der Waals surface area contributed by atoms with E-state index in [0.29, 0.717) is 0 Å². The first kappa shape index (κ1) is 12.6. The van der Waals surface area contributed by atoms with E-state index in [4.69, 9.17) is 0 Å². The number of halogens is 2. The van der Waals surface area contributed by atoms with Gasteiger partial charge in [0.1, 0.15) is 0 Å². The summed E-state index contributed by atoms with van der Waals surface area (Å²) in [5.41, 5.74) is 2.71. The SMILES string of the molecule is O=c1cc(-c2ccc(Br)cc2)c2ccc(Br)cc2[nH]1. The highest BCUT2D eigenvalue weighted by Crippen LogP contribution is 2.28. The fraction of sp³-hybridized carbons (Fsp3) is 0. The summed E-state index contributed by atoms with van der Waals surface area (Å²) in [4.78, 5) is 14.6. The minimum Gasteiger partial charge on any atom is -0.322 e. The second-order valence-corrected chi connectivity index (χ2v) is 6.08. The van der Waals surface area contributed by atoms with Gasteiger partial charge in [0.2, 0.25) is 5.56 Å². The van der Waals surface area contributed by atoms with Crippen LogP contribution in [0.2, 0.25) is 0 Å². The third kappa shape index (κ3) is 2.51. The van der Waals surface area contributed by atoms with Gasteiger partial charge in [-0.2, -0.15) is 0 Å². The molecule has 0 unspecified atom stereocenters. The molecule has 4 heteroatoms. The van der Waals surface area contributed by atoms with Gasteiger partial charge in [-0.1, -0.05) is 50.1 Å². The molecule has 0 bridgehead atoms. The lowest BCUT2D eigenvalue weighted by Gasteiger charge is -2.07. The van der Waals surface area contributed by atoms with Crippen molar-refractivity contribution in [3.05, 3.63) is 67.8 Å². The van der Waals surface area contributed by atoms with Crippen LogP contribution in [0.5, 0.6) is 0 Å². The van der Waals surface area contributed by atoms with E-state index in [0.717, 1.165) is 31.0 Å². The monoisotopic (exact) mass is 377 g/mol. The second-order valence-electron chi connectivity index (χ2n) is 4.24. The van der Waals surface area contributed by atoms with Gasteiger partial charge in [-0.25, -0.2) is 0 Å². The molecule has 0 saturated heterocycles. The van der Waals surface area contributed by atoms with Gasteiger partial charge in [-0.3, -0.25) is 4.79 Å². The summed E-state index contributed by atoms with van der Waals surface area (Å²) >= 11 is 6.84. The predicted octanol–water partition coefficient (Wildman–Crippen LogP) is 4.72. The van der Waals surface area contributed by atoms with Crippen molar-refractivity contribution in [3.8, 4) is 11.1 Å². The summed E-state index contributed by atoms with van der Waals surface area (Å²) in [6.45, 7) is 0. The van der Waals surface area contributed by atoms with Crippen LogP contribution < -0.4 is 5.56 Å². The molecule has 3 aromatic rings. The average molecular weight is 379 g/mol. The molecule has 2 aromatic carbocycles. The lowest BCUT2D eigenvalue weighted by atomic mass is 10.0. The van der Waals surface area contributed by atoms with Crippen molar-refractivity contribution in [2.75, 3.05) is 0 Å². The van der Waals surface area contributed by atoms with E-state index in [2.05, 4.69) is 36.8 Å². The van der Waals surface area contributed by atoms with E-state index in [1.54, 1.807) is 6.07 Å². The molecule has 2 nitrogen and oxygen atoms in total. The number of aromatic nitrogens is 1. The first-order chi connectivity index (χ1) is 9.13. The number of benzene rings is 2. The number of hydrogen-bond acceptors (Lipinski definition) is 1. The Labute approximate surface area is 126 Å². The molecule has 1 N–H and O–H groups in total. The molecule has 0 aliphatic carbocycles. The normalized spacial score (nSPS) is 10.8. The zero-order chi connectivity index (χ0) is 13.4. The Bertz CT molecular complexity index is 806. The minimum absolute atomic E-state index is 0.0940. The number of hydrogen-bond donors (Lipinski definition) is 1. The molecule has 1 heterocycles. The highest BCUT2D eigenvalue weighted by atomic mass is 79.9. The van der Waals surface area contributed by atoms with Gasteiger partial charge in [0.25, 0.3) is 0 Å². The maximum absolute atomic E-state index is 11.8. The molecular weight excluding hydrogens is 370 g/mol. The molecule has 0 fully saturated rings. The largest absolute Gasteiger partial charge is 0.322 e. The first-order valence-corrected chi connectivity index (χ1v) is 7.30. The number of nitrogens with one attached hydrogen (secondary N) is 1. The van der Waals surface area contributed by atoms with Crippen LogP contribution in [0, 0.1) is 0 Å². The van der Waals surface area contributed by atoms with Gasteiger partial charge < -0.3 is 4.98 Å². The van der Waals surface area contributed by atoms with Crippen molar-refractivity contribution in [2.45, 2.75) is 0 Å². The van der Waals surface area contributed by atoms with E-state index in [9.17, 15) is 4.79 Å². The third-order valence-corrected chi connectivity index (χ3v) is 3.98. The smallest absolute Gasteiger partial charge is 0.249 e. The second kappa shape index (κ2) is 4.94. The Morgan fingerprint density at radius 2 is 1.53 bits per heavy atom. The summed E-state index contributed by atoms with van der Waals surface area (Å²) in [6.07, 6.45) is 0. The van der Waals surface area contributed by atoms with Crippen LogP contribution in [0.25, 0.3) is 22.0 Å². The van der Waals surface area contributed by atoms with Crippen molar-refractivity contribution in [1.29, 1.82) is 0 Å². The molecule has 3 rings (SSSR count). The fourth-order valence-corrected chi connectivity index (χ4v) is 2.73. The quantitative estimate of drug-likeness (QED) is 0.652. The van der Waals surface area contributed by atoms with Crippen molar-refractivity contribution >= 4 is 42.8 Å². The fourth-order valence-electron chi connectivity index (χ4n) is 2.10. The van der Waals surface area contributed by atoms with Crippen molar-refractivity contribution in [1.82, 2.24) is 4.98 Å². The van der Waals surface area contributed by atoms with Crippen LogP contribution >= 0.6 is 31.9 Å². The highest BCUT2D eigenvalue weighted by Gasteiger charge is 2.06. The Morgan fingerprint density at radius 3 is 2.26 bits per heavy atom.